The predicted molar refractivity (Wildman–Crippen MR) is 37.1 cm³/mol. The number of fused-ring (bicyclic) bond motifs is 1. The summed E-state index contributed by atoms with van der Waals surface area (Å²) in [6, 6.07) is 1.05. The van der Waals surface area contributed by atoms with Gasteiger partial charge < -0.3 is 0 Å². The van der Waals surface area contributed by atoms with E-state index in [4.69, 9.17) is 0 Å². The number of nitrogens with one attached hydrogen (secondary N) is 1. The van der Waals surface area contributed by atoms with E-state index in [1.54, 1.807) is 0 Å². The Kier molecular flexibility index (Phi) is 1.20. The molecule has 2 rings (SSSR count). The maximum Gasteiger partial charge on any atom is 0.235 e. The van der Waals surface area contributed by atoms with Gasteiger partial charge in [-0.2, -0.15) is 0 Å². The van der Waals surface area contributed by atoms with Crippen molar-refractivity contribution < 1.29 is 4.79 Å². The normalized spacial score (nSPS) is 39.9. The Bertz CT molecular complexity index is 169. The molecule has 0 aliphatic carbocycles. The standard InChI is InChI=1S/C7H12N2O/c1-5-2-3-6-4-7(10)8-9(5)6/h5-6H,2-4H2,1H3,(H,8,10). The van der Waals surface area contributed by atoms with Crippen LogP contribution in [0.1, 0.15) is 26.2 Å². The fourth-order valence-corrected chi connectivity index (χ4v) is 1.88. The number of nitrogens with zero attached hydrogens (tertiary/aromatic N) is 1. The van der Waals surface area contributed by atoms with Gasteiger partial charge in [-0.15, -0.1) is 0 Å². The Morgan fingerprint density at radius 3 is 3.10 bits per heavy atom. The van der Waals surface area contributed by atoms with Crippen LogP contribution in [0, 0.1) is 0 Å². The van der Waals surface area contributed by atoms with Crippen LogP contribution < -0.4 is 5.43 Å². The monoisotopic (exact) mass is 140 g/mol. The molecule has 2 unspecified atom stereocenters. The van der Waals surface area contributed by atoms with E-state index < -0.39 is 0 Å². The van der Waals surface area contributed by atoms with Gasteiger partial charge in [0.1, 0.15) is 0 Å². The Labute approximate surface area is 60.4 Å². The summed E-state index contributed by atoms with van der Waals surface area (Å²) in [5, 5.41) is 2.10. The van der Waals surface area contributed by atoms with E-state index in [0.29, 0.717) is 18.5 Å². The van der Waals surface area contributed by atoms with Gasteiger partial charge in [0, 0.05) is 18.5 Å². The van der Waals surface area contributed by atoms with E-state index in [1.165, 1.54) is 12.8 Å². The first kappa shape index (κ1) is 6.16. The van der Waals surface area contributed by atoms with E-state index in [0.717, 1.165) is 0 Å². The number of amides is 1. The van der Waals surface area contributed by atoms with E-state index in [1.807, 2.05) is 0 Å². The highest BCUT2D eigenvalue weighted by atomic mass is 16.2. The van der Waals surface area contributed by atoms with Gasteiger partial charge in [-0.1, -0.05) is 0 Å². The van der Waals surface area contributed by atoms with Crippen molar-refractivity contribution in [1.82, 2.24) is 10.4 Å². The molecule has 2 saturated heterocycles. The van der Waals surface area contributed by atoms with E-state index >= 15 is 0 Å². The average molecular weight is 140 g/mol. The summed E-state index contributed by atoms with van der Waals surface area (Å²) in [6.45, 7) is 2.16. The molecule has 2 heterocycles. The number of carbonyl (C=O) groups is 1. The molecule has 0 aromatic carbocycles. The lowest BCUT2D eigenvalue weighted by Crippen LogP contribution is -2.39. The maximum absolute atomic E-state index is 10.8. The smallest absolute Gasteiger partial charge is 0.235 e. The highest BCUT2D eigenvalue weighted by molar-refractivity contribution is 5.78. The van der Waals surface area contributed by atoms with Crippen molar-refractivity contribution in [1.29, 1.82) is 0 Å². The molecule has 1 amide bonds. The molecule has 2 atom stereocenters. The molecular formula is C7H12N2O. The fraction of sp³-hybridized carbons (Fsp3) is 0.857. The van der Waals surface area contributed by atoms with Crippen LogP contribution in [0.2, 0.25) is 0 Å². The van der Waals surface area contributed by atoms with Crippen LogP contribution in [-0.2, 0) is 4.79 Å². The molecule has 2 aliphatic rings. The Balaban J connectivity index is 2.12. The summed E-state index contributed by atoms with van der Waals surface area (Å²) in [6.07, 6.45) is 3.12. The first-order valence-electron chi connectivity index (χ1n) is 3.85. The van der Waals surface area contributed by atoms with Gasteiger partial charge in [0.25, 0.3) is 0 Å². The molecule has 3 nitrogen and oxygen atoms in total. The largest absolute Gasteiger partial charge is 0.288 e. The molecule has 1 N–H and O–H groups in total. The van der Waals surface area contributed by atoms with Gasteiger partial charge in [-0.3, -0.25) is 10.2 Å². The van der Waals surface area contributed by atoms with Crippen LogP contribution >= 0.6 is 0 Å². The van der Waals surface area contributed by atoms with E-state index in [9.17, 15) is 4.79 Å². The lowest BCUT2D eigenvalue weighted by Gasteiger charge is -2.18. The fourth-order valence-electron chi connectivity index (χ4n) is 1.88. The highest BCUT2D eigenvalue weighted by Crippen LogP contribution is 2.27. The summed E-state index contributed by atoms with van der Waals surface area (Å²) in [5.41, 5.74) is 2.86. The minimum atomic E-state index is 0.191. The van der Waals surface area contributed by atoms with Crippen LogP contribution in [0.3, 0.4) is 0 Å². The van der Waals surface area contributed by atoms with Gasteiger partial charge in [0.05, 0.1) is 0 Å². The topological polar surface area (TPSA) is 32.3 Å². The highest BCUT2D eigenvalue weighted by Gasteiger charge is 2.37. The van der Waals surface area contributed by atoms with Crippen molar-refractivity contribution in [3.05, 3.63) is 0 Å². The Hall–Kier alpha value is -0.570. The second-order valence-corrected chi connectivity index (χ2v) is 3.23. The minimum Gasteiger partial charge on any atom is -0.288 e. The third-order valence-corrected chi connectivity index (χ3v) is 2.46. The predicted octanol–water partition coefficient (Wildman–Crippen LogP) is 0.274. The summed E-state index contributed by atoms with van der Waals surface area (Å²) in [7, 11) is 0. The lowest BCUT2D eigenvalue weighted by molar-refractivity contribution is -0.121. The van der Waals surface area contributed by atoms with Crippen LogP contribution in [0.4, 0.5) is 0 Å². The average Bonchev–Trinajstić information content (AvgIpc) is 2.35. The van der Waals surface area contributed by atoms with Crippen molar-refractivity contribution >= 4 is 5.91 Å². The number of rotatable bonds is 0. The van der Waals surface area contributed by atoms with Crippen LogP contribution in [0.5, 0.6) is 0 Å². The number of carbonyl (C=O) groups excluding carboxylic acids is 1. The van der Waals surface area contributed by atoms with Crippen molar-refractivity contribution in [2.75, 3.05) is 0 Å². The van der Waals surface area contributed by atoms with Gasteiger partial charge in [0.15, 0.2) is 0 Å². The first-order valence-corrected chi connectivity index (χ1v) is 3.85. The molecule has 10 heavy (non-hydrogen) atoms. The minimum absolute atomic E-state index is 0.191. The van der Waals surface area contributed by atoms with Crippen LogP contribution in [0.25, 0.3) is 0 Å². The third kappa shape index (κ3) is 0.736. The van der Waals surface area contributed by atoms with E-state index in [-0.39, 0.29) is 5.91 Å². The molecule has 0 aromatic heterocycles. The van der Waals surface area contributed by atoms with Crippen LogP contribution in [-0.4, -0.2) is 23.0 Å². The molecule has 56 valence electrons. The van der Waals surface area contributed by atoms with Gasteiger partial charge in [-0.05, 0) is 19.8 Å². The molecule has 0 bridgehead atoms. The number of hydrogen-bond donors (Lipinski definition) is 1. The van der Waals surface area contributed by atoms with Crippen molar-refractivity contribution in [2.24, 2.45) is 0 Å². The number of hydrazine groups is 1. The van der Waals surface area contributed by atoms with Crippen molar-refractivity contribution in [2.45, 2.75) is 38.3 Å². The molecular weight excluding hydrogens is 128 g/mol. The van der Waals surface area contributed by atoms with Crippen LogP contribution in [0.15, 0.2) is 0 Å². The molecule has 0 aromatic rings. The summed E-state index contributed by atoms with van der Waals surface area (Å²) in [4.78, 5) is 10.8. The van der Waals surface area contributed by atoms with Crippen molar-refractivity contribution in [3.8, 4) is 0 Å². The zero-order valence-corrected chi connectivity index (χ0v) is 6.13. The SMILES string of the molecule is CC1CCC2CC(=O)NN12. The Morgan fingerprint density at radius 1 is 1.60 bits per heavy atom. The lowest BCUT2D eigenvalue weighted by atomic mass is 10.1. The van der Waals surface area contributed by atoms with Crippen molar-refractivity contribution in [3.63, 3.8) is 0 Å². The second-order valence-electron chi connectivity index (χ2n) is 3.23. The van der Waals surface area contributed by atoms with E-state index in [2.05, 4.69) is 17.4 Å². The molecule has 0 saturated carbocycles. The number of hydrogen-bond acceptors (Lipinski definition) is 2. The second kappa shape index (κ2) is 1.95. The quantitative estimate of drug-likeness (QED) is 0.524. The van der Waals surface area contributed by atoms with Gasteiger partial charge in [-0.25, -0.2) is 5.01 Å². The maximum atomic E-state index is 10.8. The summed E-state index contributed by atoms with van der Waals surface area (Å²) in [5.74, 6) is 0.191. The van der Waals surface area contributed by atoms with Gasteiger partial charge in [0.2, 0.25) is 5.91 Å². The molecule has 0 radical (unpaired) electrons. The summed E-state index contributed by atoms with van der Waals surface area (Å²) < 4.78 is 0. The molecule has 2 aliphatic heterocycles. The third-order valence-electron chi connectivity index (χ3n) is 2.46. The molecule has 0 spiro atoms. The summed E-state index contributed by atoms with van der Waals surface area (Å²) >= 11 is 0. The zero-order chi connectivity index (χ0) is 7.14. The Morgan fingerprint density at radius 2 is 2.40 bits per heavy atom. The first-order chi connectivity index (χ1) is 4.77. The molecule has 2 fully saturated rings. The van der Waals surface area contributed by atoms with Gasteiger partial charge >= 0.3 is 0 Å². The zero-order valence-electron chi connectivity index (χ0n) is 6.13. The molecule has 3 heteroatoms.